The van der Waals surface area contributed by atoms with Crippen LogP contribution in [0.5, 0.6) is 0 Å². The van der Waals surface area contributed by atoms with E-state index in [4.69, 9.17) is 0 Å². The lowest BCUT2D eigenvalue weighted by atomic mass is 10.2. The van der Waals surface area contributed by atoms with Gasteiger partial charge in [-0.25, -0.2) is 8.78 Å². The molecular weight excluding hydrogens is 230 g/mol. The van der Waals surface area contributed by atoms with E-state index in [1.54, 1.807) is 0 Å². The zero-order chi connectivity index (χ0) is 12.6. The van der Waals surface area contributed by atoms with E-state index in [-0.39, 0.29) is 5.69 Å². The van der Waals surface area contributed by atoms with Crippen LogP contribution < -0.4 is 5.32 Å². The standard InChI is InChI=1S/C11H12F2N2O2/c1-6-2-7(6)5-14-11-9(12)3-8(15(16)17)4-10(11)13/h3-4,6-7,14H,2,5H2,1H3. The maximum atomic E-state index is 13.4. The fraction of sp³-hybridized carbons (Fsp3) is 0.455. The summed E-state index contributed by atoms with van der Waals surface area (Å²) in [5.74, 6) is -0.842. The highest BCUT2D eigenvalue weighted by molar-refractivity contribution is 5.51. The number of nitro groups is 1. The molecule has 1 aromatic carbocycles. The summed E-state index contributed by atoms with van der Waals surface area (Å²) >= 11 is 0. The van der Waals surface area contributed by atoms with Crippen molar-refractivity contribution in [3.63, 3.8) is 0 Å². The van der Waals surface area contributed by atoms with Crippen molar-refractivity contribution in [3.05, 3.63) is 33.9 Å². The minimum Gasteiger partial charge on any atom is -0.380 e. The number of benzene rings is 1. The van der Waals surface area contributed by atoms with Crippen molar-refractivity contribution in [3.8, 4) is 0 Å². The second kappa shape index (κ2) is 4.27. The van der Waals surface area contributed by atoms with Crippen LogP contribution in [0.4, 0.5) is 20.2 Å². The summed E-state index contributed by atoms with van der Waals surface area (Å²) in [4.78, 5) is 9.57. The molecule has 1 saturated carbocycles. The SMILES string of the molecule is CC1CC1CNc1c(F)cc([N+](=O)[O-])cc1F. The molecule has 1 fully saturated rings. The van der Waals surface area contributed by atoms with E-state index in [0.717, 1.165) is 18.6 Å². The number of nitrogens with zero attached hydrogens (tertiary/aromatic N) is 1. The van der Waals surface area contributed by atoms with Gasteiger partial charge in [-0.2, -0.15) is 0 Å². The molecule has 2 atom stereocenters. The zero-order valence-electron chi connectivity index (χ0n) is 9.24. The van der Waals surface area contributed by atoms with Crippen LogP contribution in [0.1, 0.15) is 13.3 Å². The van der Waals surface area contributed by atoms with Gasteiger partial charge in [0.1, 0.15) is 5.69 Å². The quantitative estimate of drug-likeness (QED) is 0.652. The molecule has 0 aliphatic heterocycles. The third-order valence-corrected chi connectivity index (χ3v) is 3.05. The molecule has 0 saturated heterocycles. The van der Waals surface area contributed by atoms with Crippen LogP contribution in [-0.4, -0.2) is 11.5 Å². The molecule has 92 valence electrons. The van der Waals surface area contributed by atoms with E-state index in [0.29, 0.717) is 18.4 Å². The monoisotopic (exact) mass is 242 g/mol. The van der Waals surface area contributed by atoms with Gasteiger partial charge in [0.2, 0.25) is 0 Å². The number of halogens is 2. The number of nitrogens with one attached hydrogen (secondary N) is 1. The Hall–Kier alpha value is -1.72. The summed E-state index contributed by atoms with van der Waals surface area (Å²) in [6, 6.07) is 1.45. The Labute approximate surface area is 96.8 Å². The molecule has 0 amide bonds. The lowest BCUT2D eigenvalue weighted by molar-refractivity contribution is -0.385. The fourth-order valence-corrected chi connectivity index (χ4v) is 1.75. The lowest BCUT2D eigenvalue weighted by Gasteiger charge is -2.08. The first-order valence-electron chi connectivity index (χ1n) is 5.36. The van der Waals surface area contributed by atoms with Crippen molar-refractivity contribution in [2.45, 2.75) is 13.3 Å². The first-order chi connectivity index (χ1) is 7.99. The minimum atomic E-state index is -0.926. The average Bonchev–Trinajstić information content (AvgIpc) is 2.93. The Morgan fingerprint density at radius 2 is 2.00 bits per heavy atom. The Bertz CT molecular complexity index is 442. The van der Waals surface area contributed by atoms with Crippen LogP contribution in [0.25, 0.3) is 0 Å². The second-order valence-electron chi connectivity index (χ2n) is 4.40. The lowest BCUT2D eigenvalue weighted by Crippen LogP contribution is -2.08. The highest BCUT2D eigenvalue weighted by atomic mass is 19.1. The molecule has 0 radical (unpaired) electrons. The molecule has 6 heteroatoms. The Morgan fingerprint density at radius 3 is 2.41 bits per heavy atom. The van der Waals surface area contributed by atoms with Gasteiger partial charge in [0.25, 0.3) is 5.69 Å². The van der Waals surface area contributed by atoms with Crippen LogP contribution in [-0.2, 0) is 0 Å². The second-order valence-corrected chi connectivity index (χ2v) is 4.40. The molecule has 0 bridgehead atoms. The van der Waals surface area contributed by atoms with E-state index < -0.39 is 22.2 Å². The third-order valence-electron chi connectivity index (χ3n) is 3.05. The van der Waals surface area contributed by atoms with Gasteiger partial charge in [-0.1, -0.05) is 6.92 Å². The minimum absolute atomic E-state index is 0.283. The van der Waals surface area contributed by atoms with E-state index >= 15 is 0 Å². The number of hydrogen-bond acceptors (Lipinski definition) is 3. The first-order valence-corrected chi connectivity index (χ1v) is 5.36. The van der Waals surface area contributed by atoms with Gasteiger partial charge < -0.3 is 5.32 Å². The van der Waals surface area contributed by atoms with Gasteiger partial charge in [-0.3, -0.25) is 10.1 Å². The van der Waals surface area contributed by atoms with Crippen molar-refractivity contribution in [2.24, 2.45) is 11.8 Å². The topological polar surface area (TPSA) is 55.2 Å². The van der Waals surface area contributed by atoms with Gasteiger partial charge in [0, 0.05) is 6.54 Å². The largest absolute Gasteiger partial charge is 0.380 e. The van der Waals surface area contributed by atoms with Gasteiger partial charge in [0.15, 0.2) is 11.6 Å². The predicted molar refractivity (Wildman–Crippen MR) is 58.8 cm³/mol. The van der Waals surface area contributed by atoms with Crippen LogP contribution >= 0.6 is 0 Å². The number of anilines is 1. The maximum absolute atomic E-state index is 13.4. The summed E-state index contributed by atoms with van der Waals surface area (Å²) < 4.78 is 26.9. The molecule has 2 unspecified atom stereocenters. The third kappa shape index (κ3) is 2.51. The van der Waals surface area contributed by atoms with Gasteiger partial charge in [-0.05, 0) is 18.3 Å². The normalized spacial score (nSPS) is 22.3. The molecule has 1 aromatic rings. The van der Waals surface area contributed by atoms with Crippen LogP contribution in [0, 0.1) is 33.6 Å². The molecule has 0 heterocycles. The van der Waals surface area contributed by atoms with Crippen molar-refractivity contribution in [2.75, 3.05) is 11.9 Å². The Balaban J connectivity index is 2.13. The van der Waals surface area contributed by atoms with Crippen LogP contribution in [0.2, 0.25) is 0 Å². The smallest absolute Gasteiger partial charge is 0.275 e. The molecule has 0 spiro atoms. The summed E-state index contributed by atoms with van der Waals surface area (Å²) in [5, 5.41) is 13.1. The van der Waals surface area contributed by atoms with E-state index in [9.17, 15) is 18.9 Å². The summed E-state index contributed by atoms with van der Waals surface area (Å²) in [6.07, 6.45) is 1.04. The van der Waals surface area contributed by atoms with Crippen molar-refractivity contribution >= 4 is 11.4 Å². The molecule has 2 rings (SSSR count). The molecule has 4 nitrogen and oxygen atoms in total. The molecule has 1 aliphatic carbocycles. The summed E-state index contributed by atoms with van der Waals surface area (Å²) in [6.45, 7) is 2.56. The van der Waals surface area contributed by atoms with Crippen molar-refractivity contribution in [1.29, 1.82) is 0 Å². The van der Waals surface area contributed by atoms with Crippen LogP contribution in [0.3, 0.4) is 0 Å². The Kier molecular flexibility index (Phi) is 2.95. The van der Waals surface area contributed by atoms with E-state index in [1.165, 1.54) is 0 Å². The number of rotatable bonds is 4. The summed E-state index contributed by atoms with van der Waals surface area (Å²) in [7, 11) is 0. The molecule has 1 aliphatic rings. The summed E-state index contributed by atoms with van der Waals surface area (Å²) in [5.41, 5.74) is -0.861. The zero-order valence-corrected chi connectivity index (χ0v) is 9.24. The molecule has 1 N–H and O–H groups in total. The van der Waals surface area contributed by atoms with Gasteiger partial charge >= 0.3 is 0 Å². The predicted octanol–water partition coefficient (Wildman–Crippen LogP) is 2.94. The van der Waals surface area contributed by atoms with Gasteiger partial charge in [-0.15, -0.1) is 0 Å². The first kappa shape index (κ1) is 11.8. The Morgan fingerprint density at radius 1 is 1.47 bits per heavy atom. The van der Waals surface area contributed by atoms with Gasteiger partial charge in [0.05, 0.1) is 17.1 Å². The van der Waals surface area contributed by atoms with Crippen LogP contribution in [0.15, 0.2) is 12.1 Å². The highest BCUT2D eigenvalue weighted by Gasteiger charge is 2.32. The number of non-ortho nitro benzene ring substituents is 1. The molecular formula is C11H12F2N2O2. The number of nitro benzene ring substituents is 1. The molecule has 0 aromatic heterocycles. The molecule has 17 heavy (non-hydrogen) atoms. The number of hydrogen-bond donors (Lipinski definition) is 1. The van der Waals surface area contributed by atoms with Crippen molar-refractivity contribution < 1.29 is 13.7 Å². The average molecular weight is 242 g/mol. The maximum Gasteiger partial charge on any atom is 0.275 e. The van der Waals surface area contributed by atoms with E-state index in [1.807, 2.05) is 0 Å². The van der Waals surface area contributed by atoms with E-state index in [2.05, 4.69) is 12.2 Å². The fourth-order valence-electron chi connectivity index (χ4n) is 1.75. The highest BCUT2D eigenvalue weighted by Crippen LogP contribution is 2.38. The van der Waals surface area contributed by atoms with Crippen molar-refractivity contribution in [1.82, 2.24) is 0 Å².